The van der Waals surface area contributed by atoms with Gasteiger partial charge in [-0.15, -0.1) is 0 Å². The second-order valence-electron chi connectivity index (χ2n) is 9.49. The number of nitrogens with zero attached hydrogens (tertiary/aromatic N) is 2. The van der Waals surface area contributed by atoms with Gasteiger partial charge in [0.2, 0.25) is 11.8 Å². The number of aromatic nitrogens is 2. The third-order valence-electron chi connectivity index (χ3n) is 6.85. The third kappa shape index (κ3) is 5.24. The van der Waals surface area contributed by atoms with Crippen LogP contribution in [0, 0.1) is 0 Å². The fraction of sp³-hybridized carbons (Fsp3) is 0.290. The normalized spacial score (nSPS) is 13.9. The standard InChI is InChI=1S/C31H33N3O3/c1-2-3-4-5-6-13-20-32-31-33-29-28(30(36)34(31)23-16-11-8-12-17-23)27(22-14-9-7-10-15-22)25-19-18-24(35)21-26(25)37-29/h7-12,14-19,21,27,35H,2-6,13,20H2,1H3,(H,32,33). The zero-order valence-electron chi connectivity index (χ0n) is 21.2. The van der Waals surface area contributed by atoms with Crippen LogP contribution in [-0.2, 0) is 0 Å². The lowest BCUT2D eigenvalue weighted by molar-refractivity contribution is 0.419. The van der Waals surface area contributed by atoms with Gasteiger partial charge >= 0.3 is 0 Å². The van der Waals surface area contributed by atoms with E-state index in [1.54, 1.807) is 16.7 Å². The molecule has 0 radical (unpaired) electrons. The van der Waals surface area contributed by atoms with E-state index in [4.69, 9.17) is 9.72 Å². The zero-order chi connectivity index (χ0) is 25.6. The van der Waals surface area contributed by atoms with Crippen LogP contribution in [0.25, 0.3) is 5.69 Å². The average Bonchev–Trinajstić information content (AvgIpc) is 2.92. The molecule has 0 saturated heterocycles. The second kappa shape index (κ2) is 11.3. The van der Waals surface area contributed by atoms with Crippen LogP contribution in [0.3, 0.4) is 0 Å². The van der Waals surface area contributed by atoms with Gasteiger partial charge in [-0.25, -0.2) is 4.57 Å². The van der Waals surface area contributed by atoms with Crippen molar-refractivity contribution < 1.29 is 9.84 Å². The lowest BCUT2D eigenvalue weighted by Crippen LogP contribution is -2.31. The van der Waals surface area contributed by atoms with Crippen LogP contribution in [0.5, 0.6) is 17.4 Å². The van der Waals surface area contributed by atoms with Crippen LogP contribution in [-0.4, -0.2) is 21.2 Å². The van der Waals surface area contributed by atoms with Crippen LogP contribution in [0.2, 0.25) is 0 Å². The number of ether oxygens (including phenoxy) is 1. The number of fused-ring (bicyclic) bond motifs is 2. The minimum atomic E-state index is -0.372. The Hall–Kier alpha value is -4.06. The Bertz CT molecular complexity index is 1400. The highest BCUT2D eigenvalue weighted by atomic mass is 16.5. The number of phenols is 1. The molecule has 0 spiro atoms. The molecule has 5 rings (SSSR count). The monoisotopic (exact) mass is 495 g/mol. The van der Waals surface area contributed by atoms with E-state index in [0.717, 1.165) is 29.7 Å². The molecule has 2 N–H and O–H groups in total. The van der Waals surface area contributed by atoms with Crippen molar-refractivity contribution in [2.24, 2.45) is 0 Å². The van der Waals surface area contributed by atoms with E-state index < -0.39 is 0 Å². The summed E-state index contributed by atoms with van der Waals surface area (Å²) in [5.74, 6) is 0.970. The SMILES string of the molecule is CCCCCCCCNc1nc2c(c(=O)n1-c1ccccc1)C(c1ccccc1)c1ccc(O)cc1O2. The molecule has 0 bridgehead atoms. The van der Waals surface area contributed by atoms with Gasteiger partial charge in [-0.2, -0.15) is 4.98 Å². The number of hydrogen-bond donors (Lipinski definition) is 2. The average molecular weight is 496 g/mol. The Morgan fingerprint density at radius 2 is 1.62 bits per heavy atom. The largest absolute Gasteiger partial charge is 0.508 e. The number of aromatic hydroxyl groups is 1. The lowest BCUT2D eigenvalue weighted by Gasteiger charge is -2.29. The maximum Gasteiger partial charge on any atom is 0.267 e. The van der Waals surface area contributed by atoms with E-state index in [9.17, 15) is 9.90 Å². The Labute approximate surface area is 217 Å². The summed E-state index contributed by atoms with van der Waals surface area (Å²) >= 11 is 0. The van der Waals surface area contributed by atoms with Gasteiger partial charge in [0.15, 0.2) is 0 Å². The van der Waals surface area contributed by atoms with Crippen molar-refractivity contribution in [1.82, 2.24) is 9.55 Å². The summed E-state index contributed by atoms with van der Waals surface area (Å²) in [7, 11) is 0. The van der Waals surface area contributed by atoms with E-state index >= 15 is 0 Å². The molecule has 6 heteroatoms. The number of rotatable bonds is 10. The van der Waals surface area contributed by atoms with Crippen molar-refractivity contribution in [2.75, 3.05) is 11.9 Å². The predicted octanol–water partition coefficient (Wildman–Crippen LogP) is 7.00. The van der Waals surface area contributed by atoms with Crippen molar-refractivity contribution >= 4 is 5.95 Å². The quantitative estimate of drug-likeness (QED) is 0.204. The molecule has 0 saturated carbocycles. The van der Waals surface area contributed by atoms with Gasteiger partial charge < -0.3 is 15.2 Å². The van der Waals surface area contributed by atoms with Crippen molar-refractivity contribution in [3.05, 3.63) is 106 Å². The maximum atomic E-state index is 14.3. The number of unbranched alkanes of at least 4 members (excludes halogenated alkanes) is 5. The molecule has 0 aliphatic carbocycles. The summed E-state index contributed by atoms with van der Waals surface area (Å²) in [6.45, 7) is 2.93. The van der Waals surface area contributed by atoms with E-state index in [1.165, 1.54) is 25.7 Å². The van der Waals surface area contributed by atoms with E-state index in [1.807, 2.05) is 66.7 Å². The van der Waals surface area contributed by atoms with Gasteiger partial charge in [0, 0.05) is 24.1 Å². The number of hydrogen-bond acceptors (Lipinski definition) is 5. The van der Waals surface area contributed by atoms with Crippen molar-refractivity contribution in [3.63, 3.8) is 0 Å². The van der Waals surface area contributed by atoms with Crippen LogP contribution >= 0.6 is 0 Å². The van der Waals surface area contributed by atoms with E-state index in [-0.39, 0.29) is 23.1 Å². The third-order valence-corrected chi connectivity index (χ3v) is 6.85. The minimum absolute atomic E-state index is 0.105. The summed E-state index contributed by atoms with van der Waals surface area (Å²) in [6.07, 6.45) is 7.09. The van der Waals surface area contributed by atoms with E-state index in [2.05, 4.69) is 12.2 Å². The first kappa shape index (κ1) is 24.6. The molecule has 1 aliphatic rings. The summed E-state index contributed by atoms with van der Waals surface area (Å²) < 4.78 is 7.82. The van der Waals surface area contributed by atoms with Crippen molar-refractivity contribution in [1.29, 1.82) is 0 Å². The van der Waals surface area contributed by atoms with Crippen LogP contribution in [0.4, 0.5) is 5.95 Å². The Balaban J connectivity index is 1.58. The smallest absolute Gasteiger partial charge is 0.267 e. The highest BCUT2D eigenvalue weighted by Crippen LogP contribution is 2.46. The molecular weight excluding hydrogens is 462 g/mol. The summed E-state index contributed by atoms with van der Waals surface area (Å²) in [4.78, 5) is 19.1. The van der Waals surface area contributed by atoms with E-state index in [0.29, 0.717) is 23.8 Å². The predicted molar refractivity (Wildman–Crippen MR) is 147 cm³/mol. The number of nitrogens with one attached hydrogen (secondary N) is 1. The molecule has 1 aliphatic heterocycles. The molecule has 6 nitrogen and oxygen atoms in total. The summed E-state index contributed by atoms with van der Waals surface area (Å²) in [5.41, 5.74) is 2.84. The van der Waals surface area contributed by atoms with Crippen LogP contribution < -0.4 is 15.6 Å². The first-order chi connectivity index (χ1) is 18.2. The van der Waals surface area contributed by atoms with Gasteiger partial charge in [-0.1, -0.05) is 93.6 Å². The number of anilines is 1. The number of para-hydroxylation sites is 1. The van der Waals surface area contributed by atoms with Gasteiger partial charge in [0.05, 0.1) is 11.3 Å². The van der Waals surface area contributed by atoms with Gasteiger partial charge in [-0.3, -0.25) is 4.79 Å². The van der Waals surface area contributed by atoms with Gasteiger partial charge in [0.1, 0.15) is 11.5 Å². The van der Waals surface area contributed by atoms with Crippen molar-refractivity contribution in [2.45, 2.75) is 51.4 Å². The Morgan fingerprint density at radius 3 is 2.38 bits per heavy atom. The second-order valence-corrected chi connectivity index (χ2v) is 9.49. The summed E-state index contributed by atoms with van der Waals surface area (Å²) in [6, 6.07) is 24.5. The van der Waals surface area contributed by atoms with Crippen molar-refractivity contribution in [3.8, 4) is 23.1 Å². The molecule has 1 aromatic heterocycles. The Morgan fingerprint density at radius 1 is 0.919 bits per heavy atom. The first-order valence-electron chi connectivity index (χ1n) is 13.2. The number of phenolic OH excluding ortho intramolecular Hbond substituents is 1. The highest BCUT2D eigenvalue weighted by Gasteiger charge is 2.34. The van der Waals surface area contributed by atoms with Crippen LogP contribution in [0.15, 0.2) is 83.7 Å². The topological polar surface area (TPSA) is 76.4 Å². The fourth-order valence-corrected chi connectivity index (χ4v) is 4.98. The molecule has 3 aromatic carbocycles. The first-order valence-corrected chi connectivity index (χ1v) is 13.2. The molecule has 2 heterocycles. The fourth-order valence-electron chi connectivity index (χ4n) is 4.98. The molecular formula is C31H33N3O3. The maximum absolute atomic E-state index is 14.3. The van der Waals surface area contributed by atoms with Gasteiger partial charge in [-0.05, 0) is 30.2 Å². The highest BCUT2D eigenvalue weighted by molar-refractivity contribution is 5.59. The molecule has 37 heavy (non-hydrogen) atoms. The lowest BCUT2D eigenvalue weighted by atomic mass is 9.84. The molecule has 190 valence electrons. The van der Waals surface area contributed by atoms with Crippen LogP contribution in [0.1, 0.15) is 68.1 Å². The minimum Gasteiger partial charge on any atom is -0.508 e. The van der Waals surface area contributed by atoms with Gasteiger partial charge in [0.25, 0.3) is 5.56 Å². The molecule has 0 fully saturated rings. The molecule has 4 aromatic rings. The summed E-state index contributed by atoms with van der Waals surface area (Å²) in [5, 5.41) is 13.5. The zero-order valence-corrected chi connectivity index (χ0v) is 21.2. The number of benzene rings is 3. The molecule has 1 atom stereocenters. The Kier molecular flexibility index (Phi) is 7.54. The molecule has 1 unspecified atom stereocenters. The molecule has 0 amide bonds.